The van der Waals surface area contributed by atoms with E-state index in [9.17, 15) is 4.79 Å². The van der Waals surface area contributed by atoms with Crippen molar-refractivity contribution in [1.82, 2.24) is 4.98 Å². The van der Waals surface area contributed by atoms with E-state index < -0.39 is 5.97 Å². The van der Waals surface area contributed by atoms with E-state index >= 15 is 0 Å². The zero-order chi connectivity index (χ0) is 12.3. The average Bonchev–Trinajstić information content (AvgIpc) is 2.76. The molecule has 0 saturated carbocycles. The van der Waals surface area contributed by atoms with Crippen LogP contribution < -0.4 is 0 Å². The average molecular weight is 233 g/mol. The Hall–Kier alpha value is -2.30. The van der Waals surface area contributed by atoms with Gasteiger partial charge in [-0.2, -0.15) is 0 Å². The lowest BCUT2D eigenvalue weighted by Crippen LogP contribution is -1.97. The van der Waals surface area contributed by atoms with Gasteiger partial charge in [-0.3, -0.25) is 4.79 Å². The summed E-state index contributed by atoms with van der Waals surface area (Å²) in [4.78, 5) is 14.4. The molecule has 0 radical (unpaired) electrons. The zero-order valence-corrected chi connectivity index (χ0v) is 8.96. The molecule has 0 saturated heterocycles. The van der Waals surface area contributed by atoms with Crippen molar-refractivity contribution in [3.05, 3.63) is 36.4 Å². The van der Waals surface area contributed by atoms with E-state index in [1.165, 1.54) is 0 Å². The summed E-state index contributed by atoms with van der Waals surface area (Å²) in [6.45, 7) is 0. The molecular formula is C12H11NO4. The molecule has 1 aromatic carbocycles. The minimum absolute atomic E-state index is 0.00443. The Balaban J connectivity index is 2.12. The number of aromatic nitrogens is 1. The number of aryl methyl sites for hydroxylation is 1. The molecule has 0 aliphatic rings. The van der Waals surface area contributed by atoms with Crippen LogP contribution in [0.3, 0.4) is 0 Å². The van der Waals surface area contributed by atoms with Gasteiger partial charge >= 0.3 is 5.97 Å². The highest BCUT2D eigenvalue weighted by atomic mass is 16.4. The maximum absolute atomic E-state index is 10.4. The third-order valence-electron chi connectivity index (χ3n) is 2.26. The van der Waals surface area contributed by atoms with Crippen LogP contribution in [0.5, 0.6) is 5.75 Å². The minimum atomic E-state index is -0.880. The SMILES string of the molecule is O=C(O)CCc1ncc(-c2ccc(O)cc2)o1. The molecule has 0 unspecified atom stereocenters. The van der Waals surface area contributed by atoms with Gasteiger partial charge in [0, 0.05) is 12.0 Å². The molecule has 0 amide bonds. The number of rotatable bonds is 4. The molecule has 0 atom stereocenters. The molecule has 0 spiro atoms. The molecule has 0 bridgehead atoms. The summed E-state index contributed by atoms with van der Waals surface area (Å²) in [7, 11) is 0. The lowest BCUT2D eigenvalue weighted by molar-refractivity contribution is -0.137. The lowest BCUT2D eigenvalue weighted by Gasteiger charge is -1.96. The number of oxazole rings is 1. The summed E-state index contributed by atoms with van der Waals surface area (Å²) in [5.74, 6) is 0.259. The molecule has 1 aromatic heterocycles. The molecule has 0 fully saturated rings. The van der Waals surface area contributed by atoms with Gasteiger partial charge in [-0.15, -0.1) is 0 Å². The first kappa shape index (κ1) is 11.2. The minimum Gasteiger partial charge on any atom is -0.508 e. The number of carbonyl (C=O) groups is 1. The van der Waals surface area contributed by atoms with Crippen molar-refractivity contribution < 1.29 is 19.4 Å². The van der Waals surface area contributed by atoms with Gasteiger partial charge in [0.15, 0.2) is 11.7 Å². The first-order chi connectivity index (χ1) is 8.15. The van der Waals surface area contributed by atoms with E-state index in [0.717, 1.165) is 5.56 Å². The van der Waals surface area contributed by atoms with Crippen molar-refractivity contribution in [3.63, 3.8) is 0 Å². The van der Waals surface area contributed by atoms with Gasteiger partial charge in [-0.1, -0.05) is 0 Å². The second-order valence-corrected chi connectivity index (χ2v) is 3.56. The summed E-state index contributed by atoms with van der Waals surface area (Å²) in [5.41, 5.74) is 0.789. The Bertz CT molecular complexity index is 516. The van der Waals surface area contributed by atoms with E-state index in [1.807, 2.05) is 0 Å². The smallest absolute Gasteiger partial charge is 0.303 e. The van der Waals surface area contributed by atoms with Crippen LogP contribution in [0, 0.1) is 0 Å². The molecule has 0 aliphatic carbocycles. The maximum Gasteiger partial charge on any atom is 0.303 e. The molecule has 2 N–H and O–H groups in total. The fourth-order valence-electron chi connectivity index (χ4n) is 1.40. The van der Waals surface area contributed by atoms with Crippen LogP contribution in [-0.2, 0) is 11.2 Å². The van der Waals surface area contributed by atoms with Gasteiger partial charge in [-0.05, 0) is 24.3 Å². The number of aliphatic carboxylic acids is 1. The number of aromatic hydroxyl groups is 1. The van der Waals surface area contributed by atoms with Gasteiger partial charge in [0.2, 0.25) is 0 Å². The Morgan fingerprint density at radius 2 is 2.00 bits per heavy atom. The van der Waals surface area contributed by atoms with Crippen LogP contribution in [-0.4, -0.2) is 21.2 Å². The van der Waals surface area contributed by atoms with Crippen LogP contribution in [0.2, 0.25) is 0 Å². The molecule has 17 heavy (non-hydrogen) atoms. The first-order valence-electron chi connectivity index (χ1n) is 5.11. The highest BCUT2D eigenvalue weighted by Crippen LogP contribution is 2.22. The second-order valence-electron chi connectivity index (χ2n) is 3.56. The number of hydrogen-bond acceptors (Lipinski definition) is 4. The number of carboxylic acids is 1. The fourth-order valence-corrected chi connectivity index (χ4v) is 1.40. The first-order valence-corrected chi connectivity index (χ1v) is 5.11. The molecule has 5 heteroatoms. The largest absolute Gasteiger partial charge is 0.508 e. The standard InChI is InChI=1S/C12H11NO4/c14-9-3-1-8(2-4-9)10-7-13-11(17-10)5-6-12(15)16/h1-4,7,14H,5-6H2,(H,15,16). The summed E-state index contributed by atoms with van der Waals surface area (Å²) >= 11 is 0. The van der Waals surface area contributed by atoms with E-state index in [0.29, 0.717) is 11.7 Å². The molecule has 5 nitrogen and oxygen atoms in total. The quantitative estimate of drug-likeness (QED) is 0.844. The van der Waals surface area contributed by atoms with E-state index in [2.05, 4.69) is 4.98 Å². The molecule has 2 aromatic rings. The number of hydrogen-bond donors (Lipinski definition) is 2. The van der Waals surface area contributed by atoms with Crippen molar-refractivity contribution in [2.45, 2.75) is 12.8 Å². The Labute approximate surface area is 97.3 Å². The second kappa shape index (κ2) is 4.69. The highest BCUT2D eigenvalue weighted by Gasteiger charge is 2.08. The third kappa shape index (κ3) is 2.84. The summed E-state index contributed by atoms with van der Waals surface area (Å²) in [6.07, 6.45) is 1.81. The highest BCUT2D eigenvalue weighted by molar-refractivity contribution is 5.66. The van der Waals surface area contributed by atoms with Crippen LogP contribution in [0.1, 0.15) is 12.3 Å². The number of phenolic OH excluding ortho intramolecular Hbond substituents is 1. The van der Waals surface area contributed by atoms with Crippen LogP contribution >= 0.6 is 0 Å². The van der Waals surface area contributed by atoms with Gasteiger partial charge < -0.3 is 14.6 Å². The van der Waals surface area contributed by atoms with Crippen molar-refractivity contribution in [2.24, 2.45) is 0 Å². The monoisotopic (exact) mass is 233 g/mol. The van der Waals surface area contributed by atoms with Crippen LogP contribution in [0.15, 0.2) is 34.9 Å². The van der Waals surface area contributed by atoms with Gasteiger partial charge in [0.1, 0.15) is 5.75 Å². The maximum atomic E-state index is 10.4. The summed E-state index contributed by atoms with van der Waals surface area (Å²) in [5, 5.41) is 17.7. The van der Waals surface area contributed by atoms with Crippen LogP contribution in [0.25, 0.3) is 11.3 Å². The molecule has 0 aliphatic heterocycles. The predicted octanol–water partition coefficient (Wildman–Crippen LogP) is 2.06. The Morgan fingerprint density at radius 3 is 2.65 bits per heavy atom. The number of benzene rings is 1. The van der Waals surface area contributed by atoms with E-state index in [4.69, 9.17) is 14.6 Å². The molecule has 88 valence electrons. The van der Waals surface area contributed by atoms with Crippen molar-refractivity contribution in [2.75, 3.05) is 0 Å². The summed E-state index contributed by atoms with van der Waals surface area (Å²) < 4.78 is 5.40. The predicted molar refractivity (Wildman–Crippen MR) is 59.6 cm³/mol. The zero-order valence-electron chi connectivity index (χ0n) is 8.96. The normalized spacial score (nSPS) is 10.4. The number of phenols is 1. The van der Waals surface area contributed by atoms with Crippen molar-refractivity contribution >= 4 is 5.97 Å². The van der Waals surface area contributed by atoms with Gasteiger partial charge in [0.05, 0.1) is 12.6 Å². The Kier molecular flexibility index (Phi) is 3.09. The van der Waals surface area contributed by atoms with Gasteiger partial charge in [-0.25, -0.2) is 4.98 Å². The van der Waals surface area contributed by atoms with Crippen molar-refractivity contribution in [1.29, 1.82) is 0 Å². The summed E-state index contributed by atoms with van der Waals surface area (Å²) in [6, 6.07) is 6.51. The lowest BCUT2D eigenvalue weighted by atomic mass is 10.2. The van der Waals surface area contributed by atoms with Crippen molar-refractivity contribution in [3.8, 4) is 17.1 Å². The van der Waals surface area contributed by atoms with Crippen LogP contribution in [0.4, 0.5) is 0 Å². The van der Waals surface area contributed by atoms with E-state index in [-0.39, 0.29) is 18.6 Å². The Morgan fingerprint density at radius 1 is 1.29 bits per heavy atom. The van der Waals surface area contributed by atoms with E-state index in [1.54, 1.807) is 30.5 Å². The third-order valence-corrected chi connectivity index (χ3v) is 2.26. The molecule has 2 rings (SSSR count). The number of nitrogens with zero attached hydrogens (tertiary/aromatic N) is 1. The van der Waals surface area contributed by atoms with Gasteiger partial charge in [0.25, 0.3) is 0 Å². The fraction of sp³-hybridized carbons (Fsp3) is 0.167. The topological polar surface area (TPSA) is 83.6 Å². The molecule has 1 heterocycles. The number of carboxylic acid groups (broad SMARTS) is 1. The molecular weight excluding hydrogens is 222 g/mol.